The summed E-state index contributed by atoms with van der Waals surface area (Å²) < 4.78 is 14.0. The number of anilines is 1. The molecule has 0 unspecified atom stereocenters. The molecule has 0 aromatic heterocycles. The number of nitro benzene ring substituents is 1. The molecule has 1 aliphatic heterocycles. The number of halogens is 1. The minimum atomic E-state index is -0.771. The van der Waals surface area contributed by atoms with Crippen LogP contribution in [0.4, 0.5) is 15.8 Å². The molecule has 1 fully saturated rings. The molecule has 0 bridgehead atoms. The summed E-state index contributed by atoms with van der Waals surface area (Å²) in [5, 5.41) is 10.9. The molecular formula is C19H18FN3O4. The van der Waals surface area contributed by atoms with Crippen LogP contribution in [0.3, 0.4) is 0 Å². The number of carbonyl (C=O) groups excluding carboxylic acids is 2. The second kappa shape index (κ2) is 7.53. The first-order valence-corrected chi connectivity index (χ1v) is 8.46. The van der Waals surface area contributed by atoms with Crippen LogP contribution in [0.1, 0.15) is 27.6 Å². The van der Waals surface area contributed by atoms with Crippen LogP contribution in [0.15, 0.2) is 42.5 Å². The fourth-order valence-corrected chi connectivity index (χ4v) is 3.04. The van der Waals surface area contributed by atoms with Crippen LogP contribution < -0.4 is 4.90 Å². The molecule has 27 heavy (non-hydrogen) atoms. The van der Waals surface area contributed by atoms with Crippen LogP contribution in [0.25, 0.3) is 0 Å². The van der Waals surface area contributed by atoms with Gasteiger partial charge in [0.25, 0.3) is 11.6 Å². The lowest BCUT2D eigenvalue weighted by molar-refractivity contribution is -0.384. The first-order chi connectivity index (χ1) is 12.9. The molecule has 1 amide bonds. The number of benzene rings is 2. The molecule has 0 N–H and O–H groups in total. The van der Waals surface area contributed by atoms with Gasteiger partial charge in [0.1, 0.15) is 5.82 Å². The van der Waals surface area contributed by atoms with Crippen LogP contribution in [-0.2, 0) is 0 Å². The van der Waals surface area contributed by atoms with Gasteiger partial charge in [-0.15, -0.1) is 0 Å². The van der Waals surface area contributed by atoms with Gasteiger partial charge in [-0.25, -0.2) is 4.39 Å². The summed E-state index contributed by atoms with van der Waals surface area (Å²) in [6.45, 7) is 3.33. The van der Waals surface area contributed by atoms with Gasteiger partial charge in [-0.3, -0.25) is 19.7 Å². The van der Waals surface area contributed by atoms with Gasteiger partial charge in [-0.2, -0.15) is 0 Å². The maximum atomic E-state index is 14.0. The SMILES string of the molecule is CC(=O)c1ccc(N2CCN(C(=O)c3cc([N+](=O)[O-])ccc3F)CC2)cc1. The molecule has 0 radical (unpaired) electrons. The zero-order valence-electron chi connectivity index (χ0n) is 14.7. The fourth-order valence-electron chi connectivity index (χ4n) is 3.04. The average molecular weight is 371 g/mol. The Bertz CT molecular complexity index is 890. The number of hydrogen-bond acceptors (Lipinski definition) is 5. The molecule has 0 saturated carbocycles. The summed E-state index contributed by atoms with van der Waals surface area (Å²) >= 11 is 0. The van der Waals surface area contributed by atoms with Crippen LogP contribution >= 0.6 is 0 Å². The van der Waals surface area contributed by atoms with E-state index in [1.54, 1.807) is 12.1 Å². The Morgan fingerprint density at radius 2 is 1.67 bits per heavy atom. The highest BCUT2D eigenvalue weighted by atomic mass is 19.1. The van der Waals surface area contributed by atoms with E-state index < -0.39 is 16.6 Å². The maximum absolute atomic E-state index is 14.0. The maximum Gasteiger partial charge on any atom is 0.270 e. The number of rotatable bonds is 4. The van der Waals surface area contributed by atoms with Gasteiger partial charge in [0.05, 0.1) is 10.5 Å². The van der Waals surface area contributed by atoms with Crippen molar-refractivity contribution in [3.8, 4) is 0 Å². The van der Waals surface area contributed by atoms with Crippen LogP contribution in [0.2, 0.25) is 0 Å². The molecule has 0 spiro atoms. The smallest absolute Gasteiger partial charge is 0.270 e. The van der Waals surface area contributed by atoms with E-state index in [1.165, 1.54) is 11.8 Å². The Kier molecular flexibility index (Phi) is 5.16. The second-order valence-corrected chi connectivity index (χ2v) is 6.30. The summed E-state index contributed by atoms with van der Waals surface area (Å²) in [6.07, 6.45) is 0. The van der Waals surface area contributed by atoms with Gasteiger partial charge in [0.15, 0.2) is 5.78 Å². The largest absolute Gasteiger partial charge is 0.368 e. The van der Waals surface area contributed by atoms with Gasteiger partial charge in [0.2, 0.25) is 0 Å². The highest BCUT2D eigenvalue weighted by Gasteiger charge is 2.26. The quantitative estimate of drug-likeness (QED) is 0.469. The van der Waals surface area contributed by atoms with Crippen molar-refractivity contribution in [2.75, 3.05) is 31.1 Å². The molecule has 8 heteroatoms. The minimum Gasteiger partial charge on any atom is -0.368 e. The molecule has 1 heterocycles. The van der Waals surface area contributed by atoms with Crippen LogP contribution in [-0.4, -0.2) is 47.7 Å². The average Bonchev–Trinajstić information content (AvgIpc) is 2.68. The number of piperazine rings is 1. The van der Waals surface area contributed by atoms with E-state index in [0.717, 1.165) is 23.9 Å². The number of non-ortho nitro benzene ring substituents is 1. The fraction of sp³-hybridized carbons (Fsp3) is 0.263. The zero-order chi connectivity index (χ0) is 19.6. The van der Waals surface area contributed by atoms with Crippen LogP contribution in [0, 0.1) is 15.9 Å². The third kappa shape index (κ3) is 3.94. The lowest BCUT2D eigenvalue weighted by Crippen LogP contribution is -2.49. The predicted molar refractivity (Wildman–Crippen MR) is 97.6 cm³/mol. The number of Topliss-reactive ketones (excluding diaryl/α,β-unsaturated/α-hetero) is 1. The number of carbonyl (C=O) groups is 2. The van der Waals surface area contributed by atoms with Crippen molar-refractivity contribution >= 4 is 23.1 Å². The highest BCUT2D eigenvalue weighted by molar-refractivity contribution is 5.95. The van der Waals surface area contributed by atoms with E-state index in [9.17, 15) is 24.1 Å². The van der Waals surface area contributed by atoms with Gasteiger partial charge in [-0.1, -0.05) is 0 Å². The first kappa shape index (κ1) is 18.5. The molecular weight excluding hydrogens is 353 g/mol. The van der Waals surface area contributed by atoms with Gasteiger partial charge >= 0.3 is 0 Å². The van der Waals surface area contributed by atoms with Crippen LogP contribution in [0.5, 0.6) is 0 Å². The molecule has 7 nitrogen and oxygen atoms in total. The zero-order valence-corrected chi connectivity index (χ0v) is 14.7. The molecule has 2 aromatic rings. The normalized spacial score (nSPS) is 14.1. The van der Waals surface area contributed by atoms with Gasteiger partial charge in [-0.05, 0) is 37.3 Å². The predicted octanol–water partition coefficient (Wildman–Crippen LogP) is 2.90. The number of ketones is 1. The molecule has 0 aliphatic carbocycles. The number of hydrogen-bond donors (Lipinski definition) is 0. The third-order valence-corrected chi connectivity index (χ3v) is 4.60. The number of nitro groups is 1. The lowest BCUT2D eigenvalue weighted by Gasteiger charge is -2.36. The summed E-state index contributed by atoms with van der Waals surface area (Å²) in [7, 11) is 0. The van der Waals surface area contributed by atoms with E-state index in [2.05, 4.69) is 4.90 Å². The van der Waals surface area contributed by atoms with E-state index in [4.69, 9.17) is 0 Å². The van der Waals surface area contributed by atoms with Gasteiger partial charge in [0, 0.05) is 49.6 Å². The number of nitrogens with zero attached hydrogens (tertiary/aromatic N) is 3. The summed E-state index contributed by atoms with van der Waals surface area (Å²) in [5.74, 6) is -1.33. The Balaban J connectivity index is 1.68. The molecule has 1 aliphatic rings. The third-order valence-electron chi connectivity index (χ3n) is 4.60. The molecule has 0 atom stereocenters. The molecule has 1 saturated heterocycles. The first-order valence-electron chi connectivity index (χ1n) is 8.46. The van der Waals surface area contributed by atoms with Crippen molar-refractivity contribution in [1.82, 2.24) is 4.90 Å². The lowest BCUT2D eigenvalue weighted by atomic mass is 10.1. The highest BCUT2D eigenvalue weighted by Crippen LogP contribution is 2.21. The second-order valence-electron chi connectivity index (χ2n) is 6.30. The minimum absolute atomic E-state index is 0.00375. The van der Waals surface area contributed by atoms with Crippen molar-refractivity contribution in [2.45, 2.75) is 6.92 Å². The van der Waals surface area contributed by atoms with Crippen molar-refractivity contribution in [3.05, 3.63) is 69.5 Å². The standard InChI is InChI=1S/C19H18FN3O4/c1-13(24)14-2-4-15(5-3-14)21-8-10-22(11-9-21)19(25)17-12-16(23(26)27)6-7-18(17)20/h2-7,12H,8-11H2,1H3. The topological polar surface area (TPSA) is 83.8 Å². The van der Waals surface area contributed by atoms with Crippen molar-refractivity contribution in [3.63, 3.8) is 0 Å². The molecule has 2 aromatic carbocycles. The van der Waals surface area contributed by atoms with E-state index in [-0.39, 0.29) is 17.0 Å². The van der Waals surface area contributed by atoms with E-state index in [1.807, 2.05) is 12.1 Å². The Labute approximate surface area is 155 Å². The van der Waals surface area contributed by atoms with Crippen molar-refractivity contribution < 1.29 is 18.9 Å². The van der Waals surface area contributed by atoms with E-state index >= 15 is 0 Å². The van der Waals surface area contributed by atoms with Crippen molar-refractivity contribution in [1.29, 1.82) is 0 Å². The van der Waals surface area contributed by atoms with E-state index in [0.29, 0.717) is 31.7 Å². The number of amides is 1. The van der Waals surface area contributed by atoms with Crippen molar-refractivity contribution in [2.24, 2.45) is 0 Å². The summed E-state index contributed by atoms with van der Waals surface area (Å²) in [6, 6.07) is 10.2. The molecule has 3 rings (SSSR count). The summed E-state index contributed by atoms with van der Waals surface area (Å²) in [5.41, 5.74) is 0.967. The van der Waals surface area contributed by atoms with Gasteiger partial charge < -0.3 is 9.80 Å². The summed E-state index contributed by atoms with van der Waals surface area (Å²) in [4.78, 5) is 37.7. The monoisotopic (exact) mass is 371 g/mol. The Morgan fingerprint density at radius 1 is 1.04 bits per heavy atom. The molecule has 140 valence electrons. The Morgan fingerprint density at radius 3 is 2.22 bits per heavy atom. The Hall–Kier alpha value is -3.29.